The minimum Gasteiger partial charge on any atom is -0.440 e. The molecular weight excluding hydrogens is 295 g/mol. The number of nitrogens with zero attached hydrogens (tertiary/aromatic N) is 1. The number of carbonyl (C=O) groups is 1. The lowest BCUT2D eigenvalue weighted by atomic mass is 10.4. The fourth-order valence-electron chi connectivity index (χ4n) is 1.09. The summed E-state index contributed by atoms with van der Waals surface area (Å²) in [5.74, 6) is 0.191. The van der Waals surface area contributed by atoms with Crippen LogP contribution in [0.15, 0.2) is 39.4 Å². The van der Waals surface area contributed by atoms with E-state index in [-0.39, 0.29) is 11.0 Å². The Labute approximate surface area is 105 Å². The highest BCUT2D eigenvalue weighted by atomic mass is 79.9. The second-order valence-electron chi connectivity index (χ2n) is 2.90. The van der Waals surface area contributed by atoms with Crippen LogP contribution in [0.5, 0.6) is 0 Å². The third kappa shape index (κ3) is 2.62. The number of carbonyl (C=O) groups excluding carboxylic acids is 1. The molecule has 4 nitrogen and oxygen atoms in total. The SMILES string of the molecule is O=C(Nc1cccc(Br)n1)c1ccc(Cl)o1. The fraction of sp³-hybridized carbons (Fsp3) is 0. The number of nitrogens with one attached hydrogen (secondary N) is 1. The van der Waals surface area contributed by atoms with Crippen molar-refractivity contribution in [3.63, 3.8) is 0 Å². The summed E-state index contributed by atoms with van der Waals surface area (Å²) in [5, 5.41) is 2.75. The van der Waals surface area contributed by atoms with E-state index < -0.39 is 5.91 Å². The number of furan rings is 1. The topological polar surface area (TPSA) is 55.1 Å². The van der Waals surface area contributed by atoms with Gasteiger partial charge in [0.2, 0.25) is 0 Å². The zero-order valence-electron chi connectivity index (χ0n) is 7.91. The predicted octanol–water partition coefficient (Wildman–Crippen LogP) is 3.34. The molecule has 82 valence electrons. The average Bonchev–Trinajstić information content (AvgIpc) is 2.65. The second kappa shape index (κ2) is 4.67. The molecule has 6 heteroatoms. The average molecular weight is 302 g/mol. The first-order valence-electron chi connectivity index (χ1n) is 4.34. The van der Waals surface area contributed by atoms with Gasteiger partial charge in [-0.25, -0.2) is 4.98 Å². The summed E-state index contributed by atoms with van der Waals surface area (Å²) >= 11 is 8.77. The molecule has 0 aliphatic rings. The van der Waals surface area contributed by atoms with Gasteiger partial charge in [-0.2, -0.15) is 0 Å². The summed E-state index contributed by atoms with van der Waals surface area (Å²) in [6, 6.07) is 8.20. The zero-order chi connectivity index (χ0) is 11.5. The van der Waals surface area contributed by atoms with E-state index in [1.54, 1.807) is 18.2 Å². The number of anilines is 1. The zero-order valence-corrected chi connectivity index (χ0v) is 10.2. The molecule has 0 bridgehead atoms. The van der Waals surface area contributed by atoms with Crippen molar-refractivity contribution in [2.24, 2.45) is 0 Å². The molecule has 0 aliphatic heterocycles. The van der Waals surface area contributed by atoms with Crippen LogP contribution >= 0.6 is 27.5 Å². The number of halogens is 2. The van der Waals surface area contributed by atoms with Crippen molar-refractivity contribution < 1.29 is 9.21 Å². The minimum atomic E-state index is -0.391. The maximum absolute atomic E-state index is 11.6. The molecule has 2 rings (SSSR count). The van der Waals surface area contributed by atoms with Crippen LogP contribution in [0.4, 0.5) is 5.82 Å². The predicted molar refractivity (Wildman–Crippen MR) is 63.6 cm³/mol. The van der Waals surface area contributed by atoms with Gasteiger partial charge in [0.15, 0.2) is 11.0 Å². The van der Waals surface area contributed by atoms with E-state index in [9.17, 15) is 4.79 Å². The molecule has 2 aromatic heterocycles. The molecule has 0 aromatic carbocycles. The van der Waals surface area contributed by atoms with Gasteiger partial charge in [0, 0.05) is 0 Å². The van der Waals surface area contributed by atoms with Gasteiger partial charge in [-0.3, -0.25) is 4.79 Å². The molecule has 0 unspecified atom stereocenters. The molecule has 0 saturated heterocycles. The van der Waals surface area contributed by atoms with Gasteiger partial charge < -0.3 is 9.73 Å². The van der Waals surface area contributed by atoms with Crippen LogP contribution < -0.4 is 5.32 Å². The van der Waals surface area contributed by atoms with Crippen molar-refractivity contribution in [3.8, 4) is 0 Å². The van der Waals surface area contributed by atoms with E-state index in [1.807, 2.05) is 0 Å². The highest BCUT2D eigenvalue weighted by Gasteiger charge is 2.11. The molecule has 0 aliphatic carbocycles. The van der Waals surface area contributed by atoms with E-state index in [4.69, 9.17) is 16.0 Å². The van der Waals surface area contributed by atoms with Crippen molar-refractivity contribution in [3.05, 3.63) is 45.9 Å². The van der Waals surface area contributed by atoms with E-state index in [2.05, 4.69) is 26.2 Å². The number of amides is 1. The molecule has 0 atom stereocenters. The van der Waals surface area contributed by atoms with E-state index >= 15 is 0 Å². The van der Waals surface area contributed by atoms with Gasteiger partial charge in [0.1, 0.15) is 10.4 Å². The molecule has 0 spiro atoms. The van der Waals surface area contributed by atoms with Gasteiger partial charge in [0.05, 0.1) is 0 Å². The number of rotatable bonds is 2. The van der Waals surface area contributed by atoms with Crippen LogP contribution in [0.1, 0.15) is 10.6 Å². The Morgan fingerprint density at radius 2 is 2.19 bits per heavy atom. The molecule has 1 N–H and O–H groups in total. The maximum atomic E-state index is 11.6. The van der Waals surface area contributed by atoms with Gasteiger partial charge in [-0.15, -0.1) is 0 Å². The summed E-state index contributed by atoms with van der Waals surface area (Å²) in [4.78, 5) is 15.7. The largest absolute Gasteiger partial charge is 0.440 e. The van der Waals surface area contributed by atoms with Crippen LogP contribution in [0.3, 0.4) is 0 Å². The number of pyridine rings is 1. The number of aromatic nitrogens is 1. The molecule has 0 radical (unpaired) electrons. The minimum absolute atomic E-state index is 0.145. The Morgan fingerprint density at radius 1 is 1.38 bits per heavy atom. The van der Waals surface area contributed by atoms with Crippen molar-refractivity contribution in [1.82, 2.24) is 4.98 Å². The lowest BCUT2D eigenvalue weighted by Gasteiger charge is -2.01. The normalized spacial score (nSPS) is 10.1. The lowest BCUT2D eigenvalue weighted by Crippen LogP contribution is -2.11. The second-order valence-corrected chi connectivity index (χ2v) is 4.09. The van der Waals surface area contributed by atoms with Gasteiger partial charge in [-0.05, 0) is 51.8 Å². The van der Waals surface area contributed by atoms with Crippen molar-refractivity contribution in [2.45, 2.75) is 0 Å². The first kappa shape index (κ1) is 11.2. The number of hydrogen-bond donors (Lipinski definition) is 1. The Kier molecular flexibility index (Phi) is 3.26. The van der Waals surface area contributed by atoms with Crippen LogP contribution in [0, 0.1) is 0 Å². The summed E-state index contributed by atoms with van der Waals surface area (Å²) in [7, 11) is 0. The molecule has 2 heterocycles. The highest BCUT2D eigenvalue weighted by Crippen LogP contribution is 2.15. The third-order valence-electron chi connectivity index (χ3n) is 1.75. The molecule has 2 aromatic rings. The van der Waals surface area contributed by atoms with E-state index in [0.29, 0.717) is 10.4 Å². The van der Waals surface area contributed by atoms with Crippen LogP contribution in [-0.2, 0) is 0 Å². The first-order valence-corrected chi connectivity index (χ1v) is 5.51. The summed E-state index contributed by atoms with van der Waals surface area (Å²) < 4.78 is 5.60. The van der Waals surface area contributed by atoms with Crippen molar-refractivity contribution in [1.29, 1.82) is 0 Å². The Balaban J connectivity index is 2.13. The summed E-state index contributed by atoms with van der Waals surface area (Å²) in [5.41, 5.74) is 0. The van der Waals surface area contributed by atoms with Crippen LogP contribution in [0.25, 0.3) is 0 Å². The van der Waals surface area contributed by atoms with E-state index in [0.717, 1.165) is 0 Å². The lowest BCUT2D eigenvalue weighted by molar-refractivity contribution is 0.0996. The molecule has 0 saturated carbocycles. The summed E-state index contributed by atoms with van der Waals surface area (Å²) in [6.45, 7) is 0. The molecule has 1 amide bonds. The van der Waals surface area contributed by atoms with Crippen molar-refractivity contribution in [2.75, 3.05) is 5.32 Å². The van der Waals surface area contributed by atoms with Crippen LogP contribution in [0.2, 0.25) is 5.22 Å². The standard InChI is InChI=1S/C10H6BrClN2O2/c11-7-2-1-3-9(13-7)14-10(15)6-4-5-8(12)16-6/h1-5H,(H,13,14,15). The van der Waals surface area contributed by atoms with Gasteiger partial charge >= 0.3 is 0 Å². The Bertz CT molecular complexity index is 527. The Hall–Kier alpha value is -1.33. The number of hydrogen-bond acceptors (Lipinski definition) is 3. The quantitative estimate of drug-likeness (QED) is 0.866. The monoisotopic (exact) mass is 300 g/mol. The highest BCUT2D eigenvalue weighted by molar-refractivity contribution is 9.10. The van der Waals surface area contributed by atoms with Gasteiger partial charge in [-0.1, -0.05) is 6.07 Å². The first-order chi connectivity index (χ1) is 7.65. The maximum Gasteiger partial charge on any atom is 0.292 e. The summed E-state index contributed by atoms with van der Waals surface area (Å²) in [6.07, 6.45) is 0. The molecule has 16 heavy (non-hydrogen) atoms. The molecule has 0 fully saturated rings. The third-order valence-corrected chi connectivity index (χ3v) is 2.40. The van der Waals surface area contributed by atoms with Crippen molar-refractivity contribution >= 4 is 39.3 Å². The van der Waals surface area contributed by atoms with Crippen LogP contribution in [-0.4, -0.2) is 10.9 Å². The fourth-order valence-corrected chi connectivity index (χ4v) is 1.58. The smallest absolute Gasteiger partial charge is 0.292 e. The molecular formula is C10H6BrClN2O2. The van der Waals surface area contributed by atoms with Gasteiger partial charge in [0.25, 0.3) is 5.91 Å². The Morgan fingerprint density at radius 3 is 2.81 bits per heavy atom. The van der Waals surface area contributed by atoms with E-state index in [1.165, 1.54) is 12.1 Å².